The van der Waals surface area contributed by atoms with Crippen LogP contribution in [0.5, 0.6) is 0 Å². The van der Waals surface area contributed by atoms with Crippen molar-refractivity contribution in [1.29, 1.82) is 5.41 Å². The molecule has 1 atom stereocenters. The van der Waals surface area contributed by atoms with Crippen molar-refractivity contribution >= 4 is 23.3 Å². The van der Waals surface area contributed by atoms with Crippen molar-refractivity contribution in [1.82, 2.24) is 10.2 Å². The van der Waals surface area contributed by atoms with Gasteiger partial charge < -0.3 is 16.2 Å². The van der Waals surface area contributed by atoms with Crippen LogP contribution >= 0.6 is 0 Å². The highest BCUT2D eigenvalue weighted by Gasteiger charge is 2.33. The van der Waals surface area contributed by atoms with Crippen molar-refractivity contribution in [2.24, 2.45) is 10.7 Å². The summed E-state index contributed by atoms with van der Waals surface area (Å²) in [5.74, 6) is -0.332. The highest BCUT2D eigenvalue weighted by atomic mass is 19.4. The zero-order chi connectivity index (χ0) is 28.8. The van der Waals surface area contributed by atoms with Gasteiger partial charge in [-0.3, -0.25) is 15.3 Å². The Morgan fingerprint density at radius 3 is 2.54 bits per heavy atom. The Balaban J connectivity index is 1.82. The van der Waals surface area contributed by atoms with Gasteiger partial charge in [-0.05, 0) is 61.9 Å². The summed E-state index contributed by atoms with van der Waals surface area (Å²) in [7, 11) is 0. The number of allylic oxidation sites excluding steroid dienone is 1. The summed E-state index contributed by atoms with van der Waals surface area (Å²) >= 11 is 0. The van der Waals surface area contributed by atoms with Crippen LogP contribution in [0, 0.1) is 12.3 Å². The van der Waals surface area contributed by atoms with Gasteiger partial charge in [-0.25, -0.2) is 4.79 Å². The number of aliphatic hydroxyl groups is 1. The highest BCUT2D eigenvalue weighted by Crippen LogP contribution is 2.32. The molecule has 5 N–H and O–H groups in total. The van der Waals surface area contributed by atoms with E-state index in [-0.39, 0.29) is 18.8 Å². The number of nitrogens with zero attached hydrogens (tertiary/aromatic N) is 2. The summed E-state index contributed by atoms with van der Waals surface area (Å²) in [6.07, 6.45) is -3.84. The molecule has 3 rings (SSSR count). The Labute approximate surface area is 227 Å². The molecular weight excluding hydrogens is 507 g/mol. The summed E-state index contributed by atoms with van der Waals surface area (Å²) in [6, 6.07) is 13.5. The van der Waals surface area contributed by atoms with E-state index in [4.69, 9.17) is 16.1 Å². The molecule has 2 amide bonds. The molecule has 0 radical (unpaired) electrons. The van der Waals surface area contributed by atoms with E-state index in [0.29, 0.717) is 41.1 Å². The molecule has 210 valence electrons. The van der Waals surface area contributed by atoms with Gasteiger partial charge in [0.05, 0.1) is 24.3 Å². The maximum Gasteiger partial charge on any atom is 0.390 e. The summed E-state index contributed by atoms with van der Waals surface area (Å²) in [6.45, 7) is 4.79. The predicted octanol–water partition coefficient (Wildman–Crippen LogP) is 5.77. The third-order valence-corrected chi connectivity index (χ3v) is 6.66. The van der Waals surface area contributed by atoms with E-state index >= 15 is 0 Å². The SMILES string of the molecule is CCc1ccc(C(=N)N(CCC(F)(F)F)C(=O)NC/C(N)=C2\CCC(C)(O)CC2=Nc2cccc(C)c2)cc1. The minimum absolute atomic E-state index is 0.145. The standard InChI is InChI=1S/C29H36F3N5O2/c1-4-20-8-10-21(11-9-20)26(34)37(15-14-29(30,31)32)27(38)35-18-24(33)23-12-13-28(3,39)17-25(23)36-22-7-5-6-19(2)16-22/h5-11,16,34,39H,4,12-15,17-18,33H2,1-3H3,(H,35,38)/b24-23-,34-26?,36-25?. The number of hydrogen-bond donors (Lipinski definition) is 4. The van der Waals surface area contributed by atoms with Crippen LogP contribution in [0.15, 0.2) is 64.8 Å². The van der Waals surface area contributed by atoms with Crippen LogP contribution in [0.1, 0.15) is 56.2 Å². The average Bonchev–Trinajstić information content (AvgIpc) is 2.86. The number of carbonyl (C=O) groups excluding carboxylic acids is 1. The molecule has 0 bridgehead atoms. The molecule has 10 heteroatoms. The lowest BCUT2D eigenvalue weighted by atomic mass is 9.81. The molecule has 0 heterocycles. The number of halogens is 3. The number of aryl methyl sites for hydroxylation is 2. The molecule has 2 aromatic carbocycles. The second-order valence-electron chi connectivity index (χ2n) is 10.1. The molecule has 1 fully saturated rings. The normalized spacial score (nSPS) is 20.0. The van der Waals surface area contributed by atoms with Gasteiger partial charge in [-0.15, -0.1) is 0 Å². The molecule has 0 aromatic heterocycles. The molecule has 0 spiro atoms. The van der Waals surface area contributed by atoms with Gasteiger partial charge in [-0.1, -0.05) is 43.3 Å². The van der Waals surface area contributed by atoms with Crippen molar-refractivity contribution < 1.29 is 23.1 Å². The predicted molar refractivity (Wildman–Crippen MR) is 147 cm³/mol. The van der Waals surface area contributed by atoms with Gasteiger partial charge in [-0.2, -0.15) is 13.2 Å². The number of aliphatic imine (C=N–C) groups is 1. The summed E-state index contributed by atoms with van der Waals surface area (Å²) in [5, 5.41) is 21.7. The quantitative estimate of drug-likeness (QED) is 0.263. The summed E-state index contributed by atoms with van der Waals surface area (Å²) in [4.78, 5) is 18.5. The molecular formula is C29H36F3N5O2. The topological polar surface area (TPSA) is 115 Å². The molecule has 7 nitrogen and oxygen atoms in total. The molecule has 39 heavy (non-hydrogen) atoms. The second kappa shape index (κ2) is 12.5. The third kappa shape index (κ3) is 8.68. The van der Waals surface area contributed by atoms with Crippen LogP contribution in [0.2, 0.25) is 0 Å². The lowest BCUT2D eigenvalue weighted by molar-refractivity contribution is -0.135. The number of nitrogens with two attached hydrogens (primary N) is 1. The Bertz CT molecular complexity index is 1250. The largest absolute Gasteiger partial charge is 0.400 e. The Morgan fingerprint density at radius 1 is 1.23 bits per heavy atom. The van der Waals surface area contributed by atoms with Crippen LogP contribution in [-0.4, -0.2) is 52.5 Å². The van der Waals surface area contributed by atoms with Crippen molar-refractivity contribution in [2.75, 3.05) is 13.1 Å². The van der Waals surface area contributed by atoms with Crippen molar-refractivity contribution in [3.8, 4) is 0 Å². The van der Waals surface area contributed by atoms with Crippen LogP contribution in [0.3, 0.4) is 0 Å². The molecule has 1 unspecified atom stereocenters. The van der Waals surface area contributed by atoms with Crippen molar-refractivity contribution in [3.63, 3.8) is 0 Å². The lowest BCUT2D eigenvalue weighted by Crippen LogP contribution is -2.46. The number of urea groups is 1. The number of carbonyl (C=O) groups is 1. The lowest BCUT2D eigenvalue weighted by Gasteiger charge is -2.32. The number of rotatable bonds is 7. The van der Waals surface area contributed by atoms with Crippen LogP contribution in [-0.2, 0) is 6.42 Å². The monoisotopic (exact) mass is 543 g/mol. The van der Waals surface area contributed by atoms with Gasteiger partial charge >= 0.3 is 12.2 Å². The smallest absolute Gasteiger partial charge is 0.390 e. The summed E-state index contributed by atoms with van der Waals surface area (Å²) in [5.41, 5.74) is 10.1. The van der Waals surface area contributed by atoms with E-state index in [0.717, 1.165) is 22.4 Å². The Morgan fingerprint density at radius 2 is 1.92 bits per heavy atom. The zero-order valence-electron chi connectivity index (χ0n) is 22.5. The van der Waals surface area contributed by atoms with Crippen LogP contribution < -0.4 is 11.1 Å². The fourth-order valence-corrected chi connectivity index (χ4v) is 4.38. The van der Waals surface area contributed by atoms with Gasteiger partial charge in [0.1, 0.15) is 5.84 Å². The molecule has 0 saturated heterocycles. The fourth-order valence-electron chi connectivity index (χ4n) is 4.38. The molecule has 1 aliphatic carbocycles. The molecule has 1 aliphatic rings. The first-order chi connectivity index (χ1) is 18.3. The second-order valence-corrected chi connectivity index (χ2v) is 10.1. The van der Waals surface area contributed by atoms with Gasteiger partial charge in [0.25, 0.3) is 0 Å². The minimum Gasteiger partial charge on any atom is -0.400 e. The molecule has 2 aromatic rings. The van der Waals surface area contributed by atoms with Crippen LogP contribution in [0.4, 0.5) is 23.7 Å². The number of nitrogens with one attached hydrogen (secondary N) is 2. The van der Waals surface area contributed by atoms with Gasteiger partial charge in [0, 0.05) is 29.9 Å². The van der Waals surface area contributed by atoms with E-state index < -0.39 is 30.8 Å². The fraction of sp³-hybridized carbons (Fsp3) is 0.414. The van der Waals surface area contributed by atoms with Crippen molar-refractivity contribution in [3.05, 3.63) is 76.5 Å². The van der Waals surface area contributed by atoms with E-state index in [2.05, 4.69) is 5.32 Å². The highest BCUT2D eigenvalue weighted by molar-refractivity contribution is 6.06. The number of amides is 2. The van der Waals surface area contributed by atoms with E-state index in [1.807, 2.05) is 38.1 Å². The average molecular weight is 544 g/mol. The first kappa shape index (κ1) is 29.9. The third-order valence-electron chi connectivity index (χ3n) is 6.66. The van der Waals surface area contributed by atoms with E-state index in [9.17, 15) is 23.1 Å². The van der Waals surface area contributed by atoms with Crippen molar-refractivity contribution in [2.45, 2.75) is 64.7 Å². The van der Waals surface area contributed by atoms with E-state index in [1.54, 1.807) is 31.2 Å². The maximum absolute atomic E-state index is 13.1. The number of benzene rings is 2. The van der Waals surface area contributed by atoms with Gasteiger partial charge in [0.2, 0.25) is 0 Å². The summed E-state index contributed by atoms with van der Waals surface area (Å²) < 4.78 is 39.1. The Hall–Kier alpha value is -3.66. The number of alkyl halides is 3. The zero-order valence-corrected chi connectivity index (χ0v) is 22.5. The van der Waals surface area contributed by atoms with E-state index in [1.165, 1.54) is 0 Å². The number of amidine groups is 1. The first-order valence-corrected chi connectivity index (χ1v) is 12.9. The molecule has 0 aliphatic heterocycles. The Kier molecular flexibility index (Phi) is 9.55. The minimum atomic E-state index is -4.49. The first-order valence-electron chi connectivity index (χ1n) is 12.9. The van der Waals surface area contributed by atoms with Crippen LogP contribution in [0.25, 0.3) is 0 Å². The van der Waals surface area contributed by atoms with Gasteiger partial charge in [0.15, 0.2) is 0 Å². The number of hydrogen-bond acceptors (Lipinski definition) is 5. The molecule has 1 saturated carbocycles. The maximum atomic E-state index is 13.1.